The number of halogens is 2. The predicted molar refractivity (Wildman–Crippen MR) is 95.7 cm³/mol. The number of carbonyl (C=O) groups is 1. The number of aliphatic hydroxyl groups is 1. The van der Waals surface area contributed by atoms with Crippen molar-refractivity contribution in [2.24, 2.45) is 0 Å². The summed E-state index contributed by atoms with van der Waals surface area (Å²) in [6, 6.07) is 4.86. The van der Waals surface area contributed by atoms with E-state index in [0.717, 1.165) is 0 Å². The molecular weight excluding hydrogens is 365 g/mol. The summed E-state index contributed by atoms with van der Waals surface area (Å²) in [7, 11) is 1.30. The molecule has 0 atom stereocenters. The number of carbonyl (C=O) groups excluding carboxylic acids is 1. The van der Waals surface area contributed by atoms with E-state index in [1.165, 1.54) is 31.4 Å². The van der Waals surface area contributed by atoms with Crippen LogP contribution < -0.4 is 16.4 Å². The number of nitrogen functional groups attached to an aromatic ring is 1. The third-order valence-corrected chi connectivity index (χ3v) is 3.67. The molecule has 2 rings (SSSR count). The van der Waals surface area contributed by atoms with Gasteiger partial charge in [0.1, 0.15) is 11.6 Å². The zero-order valence-corrected chi connectivity index (χ0v) is 14.5. The number of amides is 2. The molecule has 2 amide bonds. The van der Waals surface area contributed by atoms with Gasteiger partial charge < -0.3 is 20.9 Å². The summed E-state index contributed by atoms with van der Waals surface area (Å²) in [5.74, 6) is -0.699. The number of hydrogen-bond donors (Lipinski definition) is 5. The second-order valence-electron chi connectivity index (χ2n) is 5.17. The van der Waals surface area contributed by atoms with Crippen LogP contribution in [0.1, 0.15) is 16.8 Å². The Morgan fingerprint density at radius 2 is 2.19 bits per heavy atom. The molecule has 0 saturated carbocycles. The Morgan fingerprint density at radius 3 is 2.81 bits per heavy atom. The van der Waals surface area contributed by atoms with Crippen molar-refractivity contribution in [2.45, 2.75) is 13.2 Å². The van der Waals surface area contributed by atoms with Gasteiger partial charge in [0, 0.05) is 18.3 Å². The normalized spacial score (nSPS) is 10.3. The second kappa shape index (κ2) is 8.45. The van der Waals surface area contributed by atoms with Crippen molar-refractivity contribution in [1.82, 2.24) is 10.3 Å². The number of ether oxygens (including phenoxy) is 1. The fraction of sp³-hybridized carbons (Fsp3) is 0.188. The Hall–Kier alpha value is -2.91. The van der Waals surface area contributed by atoms with E-state index in [0.29, 0.717) is 5.56 Å². The monoisotopic (exact) mass is 381 g/mol. The Labute approximate surface area is 153 Å². The summed E-state index contributed by atoms with van der Waals surface area (Å²) < 4.78 is 17.9. The third kappa shape index (κ3) is 4.58. The van der Waals surface area contributed by atoms with Gasteiger partial charge in [-0.15, -0.1) is 0 Å². The average molecular weight is 382 g/mol. The number of anilines is 2. The van der Waals surface area contributed by atoms with Crippen molar-refractivity contribution in [2.75, 3.05) is 18.2 Å². The summed E-state index contributed by atoms with van der Waals surface area (Å²) in [6.07, 6.45) is 0. The number of pyridine rings is 1. The molecule has 1 heterocycles. The highest BCUT2D eigenvalue weighted by Crippen LogP contribution is 2.21. The Bertz CT molecular complexity index is 847. The lowest BCUT2D eigenvalue weighted by Crippen LogP contribution is -2.29. The number of nitrogens with zero attached hydrogens (tertiary/aromatic N) is 1. The van der Waals surface area contributed by atoms with Gasteiger partial charge in [-0.1, -0.05) is 17.7 Å². The zero-order chi connectivity index (χ0) is 19.3. The molecule has 8 nitrogen and oxygen atoms in total. The highest BCUT2D eigenvalue weighted by Gasteiger charge is 2.16. The van der Waals surface area contributed by atoms with E-state index in [1.54, 1.807) is 0 Å². The SMILES string of the molecule is COC(=N)c1c(N)cc(NC(=O)NCc2ccc(F)c(Cl)c2)nc1CO. The van der Waals surface area contributed by atoms with E-state index in [9.17, 15) is 14.3 Å². The molecule has 0 aliphatic carbocycles. The average Bonchev–Trinajstić information content (AvgIpc) is 2.61. The molecule has 1 aromatic heterocycles. The largest absolute Gasteiger partial charge is 0.481 e. The minimum atomic E-state index is -0.587. The van der Waals surface area contributed by atoms with Crippen LogP contribution in [0.25, 0.3) is 0 Å². The first-order valence-corrected chi connectivity index (χ1v) is 7.75. The highest BCUT2D eigenvalue weighted by molar-refractivity contribution is 6.30. The minimum Gasteiger partial charge on any atom is -0.481 e. The molecule has 138 valence electrons. The molecule has 10 heteroatoms. The lowest BCUT2D eigenvalue weighted by atomic mass is 10.1. The smallest absolute Gasteiger partial charge is 0.320 e. The molecule has 0 aliphatic rings. The summed E-state index contributed by atoms with van der Waals surface area (Å²) in [5.41, 5.74) is 6.83. The van der Waals surface area contributed by atoms with Crippen molar-refractivity contribution >= 4 is 35.0 Å². The Balaban J connectivity index is 2.07. The Kier molecular flexibility index (Phi) is 6.31. The quantitative estimate of drug-likeness (QED) is 0.400. The van der Waals surface area contributed by atoms with Crippen molar-refractivity contribution in [3.8, 4) is 0 Å². The van der Waals surface area contributed by atoms with E-state index < -0.39 is 18.5 Å². The molecule has 0 aliphatic heterocycles. The minimum absolute atomic E-state index is 0.0390. The molecule has 0 fully saturated rings. The van der Waals surface area contributed by atoms with Crippen LogP contribution in [0.15, 0.2) is 24.3 Å². The molecule has 0 saturated heterocycles. The number of urea groups is 1. The van der Waals surface area contributed by atoms with E-state index in [1.807, 2.05) is 0 Å². The van der Waals surface area contributed by atoms with E-state index in [-0.39, 0.29) is 40.2 Å². The third-order valence-electron chi connectivity index (χ3n) is 3.38. The van der Waals surface area contributed by atoms with Crippen LogP contribution in [0.3, 0.4) is 0 Å². The maximum absolute atomic E-state index is 13.1. The Morgan fingerprint density at radius 1 is 1.46 bits per heavy atom. The summed E-state index contributed by atoms with van der Waals surface area (Å²) in [6.45, 7) is -0.378. The van der Waals surface area contributed by atoms with Gasteiger partial charge in [0.25, 0.3) is 0 Å². The first kappa shape index (κ1) is 19.4. The number of hydrogen-bond acceptors (Lipinski definition) is 6. The molecule has 1 aromatic carbocycles. The fourth-order valence-corrected chi connectivity index (χ4v) is 2.36. The number of aliphatic hydroxyl groups excluding tert-OH is 1. The van der Waals surface area contributed by atoms with E-state index in [4.69, 9.17) is 27.5 Å². The van der Waals surface area contributed by atoms with Crippen LogP contribution in [0.4, 0.5) is 20.7 Å². The molecule has 0 unspecified atom stereocenters. The van der Waals surface area contributed by atoms with Crippen molar-refractivity contribution < 1.29 is 19.0 Å². The van der Waals surface area contributed by atoms with Crippen LogP contribution >= 0.6 is 11.6 Å². The van der Waals surface area contributed by atoms with Crippen LogP contribution in [0.5, 0.6) is 0 Å². The van der Waals surface area contributed by atoms with Crippen molar-refractivity contribution in [3.05, 3.63) is 51.9 Å². The highest BCUT2D eigenvalue weighted by atomic mass is 35.5. The van der Waals surface area contributed by atoms with Crippen molar-refractivity contribution in [1.29, 1.82) is 5.41 Å². The number of nitrogens with two attached hydrogens (primary N) is 1. The van der Waals surface area contributed by atoms with Crippen molar-refractivity contribution in [3.63, 3.8) is 0 Å². The first-order chi connectivity index (χ1) is 12.3. The summed E-state index contributed by atoms with van der Waals surface area (Å²) in [5, 5.41) is 22.1. The van der Waals surface area contributed by atoms with Gasteiger partial charge in [0.05, 0.1) is 30.0 Å². The maximum atomic E-state index is 13.1. The number of benzene rings is 1. The maximum Gasteiger partial charge on any atom is 0.320 e. The van der Waals surface area contributed by atoms with Crippen LogP contribution in [-0.4, -0.2) is 29.1 Å². The molecule has 0 bridgehead atoms. The van der Waals surface area contributed by atoms with Gasteiger partial charge in [0.2, 0.25) is 5.90 Å². The van der Waals surface area contributed by atoms with Gasteiger partial charge in [-0.2, -0.15) is 0 Å². The van der Waals surface area contributed by atoms with Crippen LogP contribution in [0, 0.1) is 11.2 Å². The molecule has 2 aromatic rings. The summed E-state index contributed by atoms with van der Waals surface area (Å²) >= 11 is 5.68. The first-order valence-electron chi connectivity index (χ1n) is 7.37. The summed E-state index contributed by atoms with van der Waals surface area (Å²) in [4.78, 5) is 16.0. The number of methoxy groups -OCH3 is 1. The van der Waals surface area contributed by atoms with E-state index >= 15 is 0 Å². The van der Waals surface area contributed by atoms with Gasteiger partial charge in [-0.25, -0.2) is 14.2 Å². The molecule has 26 heavy (non-hydrogen) atoms. The zero-order valence-electron chi connectivity index (χ0n) is 13.8. The molecule has 0 radical (unpaired) electrons. The molecule has 0 spiro atoms. The molecular formula is C16H17ClFN5O3. The predicted octanol–water partition coefficient (Wildman–Crippen LogP) is 2.24. The van der Waals surface area contributed by atoms with E-state index in [2.05, 4.69) is 15.6 Å². The lowest BCUT2D eigenvalue weighted by molar-refractivity contribution is 0.251. The fourth-order valence-electron chi connectivity index (χ4n) is 2.15. The topological polar surface area (TPSA) is 133 Å². The van der Waals surface area contributed by atoms with Gasteiger partial charge in [-0.05, 0) is 17.7 Å². The van der Waals surface area contributed by atoms with Gasteiger partial charge in [-0.3, -0.25) is 10.7 Å². The lowest BCUT2D eigenvalue weighted by Gasteiger charge is -2.13. The standard InChI is InChI=1S/C16H17ClFN5O3/c1-26-15(20)14-11(19)5-13(22-12(14)7-24)23-16(25)21-6-8-2-3-10(18)9(17)4-8/h2-5,20,24H,6-7H2,1H3,(H4,19,21,22,23,25). The van der Waals surface area contributed by atoms with Gasteiger partial charge >= 0.3 is 6.03 Å². The van der Waals surface area contributed by atoms with Crippen LogP contribution in [-0.2, 0) is 17.9 Å². The van der Waals surface area contributed by atoms with Gasteiger partial charge in [0.15, 0.2) is 0 Å². The van der Waals surface area contributed by atoms with Crippen LogP contribution in [0.2, 0.25) is 5.02 Å². The number of aromatic nitrogens is 1. The second-order valence-corrected chi connectivity index (χ2v) is 5.57. The molecule has 6 N–H and O–H groups in total. The number of nitrogens with one attached hydrogen (secondary N) is 3. The number of rotatable bonds is 5.